The van der Waals surface area contributed by atoms with Gasteiger partial charge in [0.2, 0.25) is 0 Å². The summed E-state index contributed by atoms with van der Waals surface area (Å²) in [5.41, 5.74) is 3.30. The Balaban J connectivity index is 2.38. The van der Waals surface area contributed by atoms with Crippen LogP contribution >= 0.6 is 0 Å². The molecule has 16 heavy (non-hydrogen) atoms. The van der Waals surface area contributed by atoms with Gasteiger partial charge in [-0.05, 0) is 5.56 Å². The third kappa shape index (κ3) is 2.24. The average molecular weight is 238 g/mol. The lowest BCUT2D eigenvalue weighted by Crippen LogP contribution is -2.42. The second kappa shape index (κ2) is 3.90. The summed E-state index contributed by atoms with van der Waals surface area (Å²) in [4.78, 5) is 0. The Morgan fingerprint density at radius 1 is 1.38 bits per heavy atom. The van der Waals surface area contributed by atoms with Crippen LogP contribution in [0.4, 0.5) is 0 Å². The fourth-order valence-corrected chi connectivity index (χ4v) is 3.22. The van der Waals surface area contributed by atoms with Crippen molar-refractivity contribution in [3.63, 3.8) is 0 Å². The van der Waals surface area contributed by atoms with Gasteiger partial charge < -0.3 is 0 Å². The average Bonchev–Trinajstić information content (AvgIpc) is 2.66. The van der Waals surface area contributed by atoms with Crippen LogP contribution in [0.15, 0.2) is 35.4 Å². The molecule has 1 aromatic rings. The minimum atomic E-state index is -3.06. The van der Waals surface area contributed by atoms with Crippen molar-refractivity contribution in [2.24, 2.45) is 5.10 Å². The van der Waals surface area contributed by atoms with Gasteiger partial charge in [0.1, 0.15) is 9.84 Å². The number of hydrogen-bond acceptors (Lipinski definition) is 4. The van der Waals surface area contributed by atoms with Gasteiger partial charge in [0.05, 0.1) is 11.3 Å². The van der Waals surface area contributed by atoms with Crippen LogP contribution in [0.25, 0.3) is 0 Å². The van der Waals surface area contributed by atoms with Gasteiger partial charge in [0.25, 0.3) is 0 Å². The van der Waals surface area contributed by atoms with Crippen LogP contribution < -0.4 is 5.43 Å². The van der Waals surface area contributed by atoms with Gasteiger partial charge in [-0.2, -0.15) is 5.10 Å². The van der Waals surface area contributed by atoms with Crippen LogP contribution in [0.5, 0.6) is 0 Å². The van der Waals surface area contributed by atoms with Crippen LogP contribution in [0.1, 0.15) is 12.0 Å². The maximum absolute atomic E-state index is 11.5. The summed E-state index contributed by atoms with van der Waals surface area (Å²) < 4.78 is 22.9. The second-order valence-corrected chi connectivity index (χ2v) is 6.29. The van der Waals surface area contributed by atoms with Gasteiger partial charge in [-0.25, -0.2) is 8.42 Å². The third-order valence-corrected chi connectivity index (χ3v) is 3.66. The molecule has 0 radical (unpaired) electrons. The van der Waals surface area contributed by atoms with E-state index in [1.807, 2.05) is 30.3 Å². The summed E-state index contributed by atoms with van der Waals surface area (Å²) in [6, 6.07) is 9.56. The highest BCUT2D eigenvalue weighted by molar-refractivity contribution is 7.90. The van der Waals surface area contributed by atoms with Crippen LogP contribution in [0.3, 0.4) is 0 Å². The molecule has 0 saturated carbocycles. The number of hydrazone groups is 1. The number of sulfone groups is 1. The third-order valence-electron chi connectivity index (χ3n) is 2.64. The summed E-state index contributed by atoms with van der Waals surface area (Å²) in [7, 11) is -3.06. The largest absolute Gasteiger partial charge is 0.298 e. The SMILES string of the molecule is CS(=O)(=O)CC1(c2ccccc2)CC=NN1. The Labute approximate surface area is 95.3 Å². The smallest absolute Gasteiger partial charge is 0.150 e. The quantitative estimate of drug-likeness (QED) is 0.851. The predicted molar refractivity (Wildman–Crippen MR) is 64.1 cm³/mol. The Morgan fingerprint density at radius 2 is 2.06 bits per heavy atom. The van der Waals surface area contributed by atoms with E-state index < -0.39 is 15.4 Å². The van der Waals surface area contributed by atoms with Gasteiger partial charge in [-0.1, -0.05) is 30.3 Å². The highest BCUT2D eigenvalue weighted by atomic mass is 32.2. The van der Waals surface area contributed by atoms with Crippen LogP contribution in [0.2, 0.25) is 0 Å². The molecule has 0 aromatic heterocycles. The molecule has 2 rings (SSSR count). The molecule has 1 aliphatic heterocycles. The minimum Gasteiger partial charge on any atom is -0.298 e. The lowest BCUT2D eigenvalue weighted by atomic mass is 9.90. The summed E-state index contributed by atoms with van der Waals surface area (Å²) in [6.45, 7) is 0. The van der Waals surface area contributed by atoms with E-state index in [0.29, 0.717) is 6.42 Å². The Hall–Kier alpha value is -1.36. The first-order chi connectivity index (χ1) is 7.52. The van der Waals surface area contributed by atoms with Crippen molar-refractivity contribution in [2.75, 3.05) is 12.0 Å². The van der Waals surface area contributed by atoms with Crippen molar-refractivity contribution in [1.82, 2.24) is 5.43 Å². The highest BCUT2D eigenvalue weighted by Crippen LogP contribution is 2.28. The first-order valence-electron chi connectivity index (χ1n) is 5.04. The Morgan fingerprint density at radius 3 is 2.56 bits per heavy atom. The normalized spacial score (nSPS) is 24.3. The number of benzene rings is 1. The molecule has 86 valence electrons. The van der Waals surface area contributed by atoms with E-state index in [1.165, 1.54) is 6.26 Å². The van der Waals surface area contributed by atoms with E-state index in [1.54, 1.807) is 6.21 Å². The van der Waals surface area contributed by atoms with E-state index in [-0.39, 0.29) is 5.75 Å². The molecule has 5 heteroatoms. The van der Waals surface area contributed by atoms with Crippen LogP contribution in [-0.2, 0) is 15.4 Å². The summed E-state index contributed by atoms with van der Waals surface area (Å²) in [5.74, 6) is 0.0595. The molecule has 0 bridgehead atoms. The topological polar surface area (TPSA) is 58.5 Å². The summed E-state index contributed by atoms with van der Waals surface area (Å²) >= 11 is 0. The molecular formula is C11H14N2O2S. The molecule has 1 N–H and O–H groups in total. The number of rotatable bonds is 3. The summed E-state index contributed by atoms with van der Waals surface area (Å²) in [6.07, 6.45) is 3.57. The predicted octanol–water partition coefficient (Wildman–Crippen LogP) is 0.906. The number of nitrogens with one attached hydrogen (secondary N) is 1. The van der Waals surface area contributed by atoms with Gasteiger partial charge in [-0.15, -0.1) is 0 Å². The van der Waals surface area contributed by atoms with Gasteiger partial charge in [0.15, 0.2) is 0 Å². The zero-order chi connectivity index (χ0) is 11.6. The van der Waals surface area contributed by atoms with E-state index in [9.17, 15) is 8.42 Å². The summed E-state index contributed by atoms with van der Waals surface area (Å²) in [5, 5.41) is 3.96. The molecule has 1 heterocycles. The van der Waals surface area contributed by atoms with Crippen molar-refractivity contribution >= 4 is 16.1 Å². The van der Waals surface area contributed by atoms with E-state index >= 15 is 0 Å². The molecule has 1 aromatic carbocycles. The molecule has 0 saturated heterocycles. The van der Waals surface area contributed by atoms with Crippen LogP contribution in [-0.4, -0.2) is 26.6 Å². The monoisotopic (exact) mass is 238 g/mol. The molecule has 0 spiro atoms. The van der Waals surface area contributed by atoms with Gasteiger partial charge in [-0.3, -0.25) is 5.43 Å². The minimum absolute atomic E-state index is 0.0595. The zero-order valence-corrected chi connectivity index (χ0v) is 9.87. The first-order valence-corrected chi connectivity index (χ1v) is 7.10. The van der Waals surface area contributed by atoms with Crippen molar-refractivity contribution in [1.29, 1.82) is 0 Å². The molecule has 1 unspecified atom stereocenters. The van der Waals surface area contributed by atoms with Crippen molar-refractivity contribution < 1.29 is 8.42 Å². The van der Waals surface area contributed by atoms with E-state index in [2.05, 4.69) is 10.5 Å². The van der Waals surface area contributed by atoms with Crippen LogP contribution in [0, 0.1) is 0 Å². The molecule has 4 nitrogen and oxygen atoms in total. The van der Waals surface area contributed by atoms with Crippen molar-refractivity contribution in [3.8, 4) is 0 Å². The molecule has 0 aliphatic carbocycles. The lowest BCUT2D eigenvalue weighted by molar-refractivity contribution is 0.421. The number of nitrogens with zero attached hydrogens (tertiary/aromatic N) is 1. The lowest BCUT2D eigenvalue weighted by Gasteiger charge is -2.28. The second-order valence-electron chi connectivity index (χ2n) is 4.15. The first kappa shape index (κ1) is 11.1. The molecule has 1 aliphatic rings. The molecule has 0 amide bonds. The highest BCUT2D eigenvalue weighted by Gasteiger charge is 2.37. The fraction of sp³-hybridized carbons (Fsp3) is 0.364. The number of hydrogen-bond donors (Lipinski definition) is 1. The maximum atomic E-state index is 11.5. The van der Waals surface area contributed by atoms with Gasteiger partial charge in [0, 0.05) is 18.9 Å². The fourth-order valence-electron chi connectivity index (χ4n) is 1.98. The van der Waals surface area contributed by atoms with E-state index in [0.717, 1.165) is 5.56 Å². The Bertz CT molecular complexity index is 486. The molecule has 0 fully saturated rings. The zero-order valence-electron chi connectivity index (χ0n) is 9.05. The van der Waals surface area contributed by atoms with Crippen molar-refractivity contribution in [3.05, 3.63) is 35.9 Å². The maximum Gasteiger partial charge on any atom is 0.150 e. The van der Waals surface area contributed by atoms with E-state index in [4.69, 9.17) is 0 Å². The standard InChI is InChI=1S/C11H14N2O2S/c1-16(14,15)9-11(7-8-12-13-11)10-5-3-2-4-6-10/h2-6,8,13H,7,9H2,1H3. The molecule has 1 atom stereocenters. The molecular weight excluding hydrogens is 224 g/mol. The van der Waals surface area contributed by atoms with Crippen molar-refractivity contribution in [2.45, 2.75) is 12.0 Å². The van der Waals surface area contributed by atoms with Gasteiger partial charge >= 0.3 is 0 Å². The Kier molecular flexibility index (Phi) is 2.71.